The summed E-state index contributed by atoms with van der Waals surface area (Å²) in [5.74, 6) is 0. The van der Waals surface area contributed by atoms with Crippen LogP contribution in [0.4, 0.5) is 0 Å². The fraction of sp³-hybridized carbons (Fsp3) is 0.818. The fourth-order valence-corrected chi connectivity index (χ4v) is 1.45. The molecular weight excluding hydrogens is 160 g/mol. The van der Waals surface area contributed by atoms with Crippen LogP contribution < -0.4 is 5.32 Å². The molecule has 0 aliphatic heterocycles. The average Bonchev–Trinajstić information content (AvgIpc) is 2.05. The van der Waals surface area contributed by atoms with Gasteiger partial charge in [-0.05, 0) is 47.8 Å². The number of allylic oxidation sites excluding steroid dienone is 1. The minimum Gasteiger partial charge on any atom is -0.315 e. The van der Waals surface area contributed by atoms with Crippen molar-refractivity contribution in [2.75, 3.05) is 21.1 Å². The number of hydrogen-bond donors (Lipinski definition) is 1. The van der Waals surface area contributed by atoms with Crippen molar-refractivity contribution in [3.05, 3.63) is 12.7 Å². The first-order valence-electron chi connectivity index (χ1n) is 4.92. The molecule has 0 heterocycles. The molecule has 1 N–H and O–H groups in total. The minimum absolute atomic E-state index is 0.192. The number of likely N-dealkylation sites (N-methyl/N-ethyl adjacent to an activating group) is 2. The van der Waals surface area contributed by atoms with E-state index in [1.54, 1.807) is 0 Å². The molecule has 0 spiro atoms. The predicted octanol–water partition coefficient (Wildman–Crippen LogP) is 1.88. The monoisotopic (exact) mass is 184 g/mol. The third-order valence-electron chi connectivity index (χ3n) is 3.01. The van der Waals surface area contributed by atoms with Crippen molar-refractivity contribution in [3.8, 4) is 0 Å². The normalized spacial score (nSPS) is 14.6. The van der Waals surface area contributed by atoms with Gasteiger partial charge >= 0.3 is 0 Å². The third kappa shape index (κ3) is 3.49. The molecule has 0 saturated carbocycles. The molecule has 13 heavy (non-hydrogen) atoms. The molecule has 0 aromatic rings. The van der Waals surface area contributed by atoms with Crippen LogP contribution >= 0.6 is 0 Å². The van der Waals surface area contributed by atoms with Gasteiger partial charge in [0.1, 0.15) is 0 Å². The highest BCUT2D eigenvalue weighted by Gasteiger charge is 2.29. The van der Waals surface area contributed by atoms with Gasteiger partial charge in [-0.25, -0.2) is 0 Å². The molecule has 0 aliphatic rings. The summed E-state index contributed by atoms with van der Waals surface area (Å²) in [6, 6.07) is 0.514. The maximum Gasteiger partial charge on any atom is 0.0300 e. The van der Waals surface area contributed by atoms with Crippen molar-refractivity contribution in [3.63, 3.8) is 0 Å². The first-order valence-corrected chi connectivity index (χ1v) is 4.92. The zero-order chi connectivity index (χ0) is 10.5. The van der Waals surface area contributed by atoms with Gasteiger partial charge in [-0.15, -0.1) is 6.58 Å². The Balaban J connectivity index is 4.27. The Morgan fingerprint density at radius 1 is 1.46 bits per heavy atom. The van der Waals surface area contributed by atoms with E-state index >= 15 is 0 Å². The molecule has 0 bridgehead atoms. The van der Waals surface area contributed by atoms with Crippen molar-refractivity contribution in [2.24, 2.45) is 0 Å². The predicted molar refractivity (Wildman–Crippen MR) is 60.0 cm³/mol. The molecule has 78 valence electrons. The molecule has 0 saturated heterocycles. The van der Waals surface area contributed by atoms with Gasteiger partial charge in [0.05, 0.1) is 0 Å². The van der Waals surface area contributed by atoms with E-state index in [1.165, 1.54) is 0 Å². The van der Waals surface area contributed by atoms with Crippen LogP contribution in [0.15, 0.2) is 12.7 Å². The lowest BCUT2D eigenvalue weighted by Crippen LogP contribution is -2.54. The topological polar surface area (TPSA) is 15.3 Å². The molecule has 0 fully saturated rings. The van der Waals surface area contributed by atoms with Gasteiger partial charge in [0.15, 0.2) is 0 Å². The highest BCUT2D eigenvalue weighted by atomic mass is 15.2. The van der Waals surface area contributed by atoms with E-state index in [0.717, 1.165) is 12.8 Å². The summed E-state index contributed by atoms with van der Waals surface area (Å²) < 4.78 is 0. The van der Waals surface area contributed by atoms with Crippen molar-refractivity contribution < 1.29 is 0 Å². The van der Waals surface area contributed by atoms with Gasteiger partial charge in [-0.1, -0.05) is 6.08 Å². The number of nitrogens with one attached hydrogen (secondary N) is 1. The van der Waals surface area contributed by atoms with Crippen molar-refractivity contribution >= 4 is 0 Å². The molecule has 0 aromatic heterocycles. The molecule has 1 atom stereocenters. The standard InChI is InChI=1S/C11H24N2/c1-7-8-9-10(12-4)11(2,3)13(5)6/h7,10,12H,1,8-9H2,2-6H3. The van der Waals surface area contributed by atoms with Crippen molar-refractivity contribution in [1.82, 2.24) is 10.2 Å². The molecule has 0 aliphatic carbocycles. The highest BCUT2D eigenvalue weighted by molar-refractivity contribution is 4.91. The highest BCUT2D eigenvalue weighted by Crippen LogP contribution is 2.19. The van der Waals surface area contributed by atoms with Gasteiger partial charge in [0, 0.05) is 11.6 Å². The zero-order valence-electron chi connectivity index (χ0n) is 9.72. The summed E-state index contributed by atoms with van der Waals surface area (Å²) >= 11 is 0. The van der Waals surface area contributed by atoms with Crippen LogP contribution in [-0.2, 0) is 0 Å². The Morgan fingerprint density at radius 3 is 2.31 bits per heavy atom. The number of nitrogens with zero attached hydrogens (tertiary/aromatic N) is 1. The SMILES string of the molecule is C=CCCC(NC)C(C)(C)N(C)C. The molecule has 2 heteroatoms. The smallest absolute Gasteiger partial charge is 0.0300 e. The molecular formula is C11H24N2. The minimum atomic E-state index is 0.192. The summed E-state index contributed by atoms with van der Waals surface area (Å²) in [5, 5.41) is 3.37. The van der Waals surface area contributed by atoms with E-state index in [4.69, 9.17) is 0 Å². The second kappa shape index (κ2) is 5.40. The second-order valence-corrected chi connectivity index (χ2v) is 4.26. The molecule has 0 aromatic carbocycles. The second-order valence-electron chi connectivity index (χ2n) is 4.26. The van der Waals surface area contributed by atoms with E-state index in [0.29, 0.717) is 6.04 Å². The molecule has 0 radical (unpaired) electrons. The number of rotatable bonds is 6. The first-order chi connectivity index (χ1) is 5.96. The van der Waals surface area contributed by atoms with E-state index in [9.17, 15) is 0 Å². The number of hydrogen-bond acceptors (Lipinski definition) is 2. The summed E-state index contributed by atoms with van der Waals surface area (Å²) in [5.41, 5.74) is 0.192. The maximum absolute atomic E-state index is 3.75. The van der Waals surface area contributed by atoms with E-state index in [1.807, 2.05) is 13.1 Å². The Hall–Kier alpha value is -0.340. The lowest BCUT2D eigenvalue weighted by molar-refractivity contribution is 0.137. The van der Waals surface area contributed by atoms with Crippen LogP contribution in [-0.4, -0.2) is 37.6 Å². The average molecular weight is 184 g/mol. The zero-order valence-corrected chi connectivity index (χ0v) is 9.72. The Kier molecular flexibility index (Phi) is 5.26. The fourth-order valence-electron chi connectivity index (χ4n) is 1.45. The molecule has 0 rings (SSSR count). The van der Waals surface area contributed by atoms with E-state index in [-0.39, 0.29) is 5.54 Å². The van der Waals surface area contributed by atoms with Crippen LogP contribution in [0.5, 0.6) is 0 Å². The molecule has 2 nitrogen and oxygen atoms in total. The molecule has 0 amide bonds. The third-order valence-corrected chi connectivity index (χ3v) is 3.01. The van der Waals surface area contributed by atoms with Gasteiger partial charge in [-0.2, -0.15) is 0 Å². The van der Waals surface area contributed by atoms with Crippen LogP contribution in [0.25, 0.3) is 0 Å². The van der Waals surface area contributed by atoms with Gasteiger partial charge < -0.3 is 10.2 Å². The summed E-state index contributed by atoms with van der Waals surface area (Å²) in [6.07, 6.45) is 4.20. The van der Waals surface area contributed by atoms with Crippen LogP contribution in [0, 0.1) is 0 Å². The maximum atomic E-state index is 3.75. The first kappa shape index (κ1) is 12.7. The van der Waals surface area contributed by atoms with E-state index < -0.39 is 0 Å². The Morgan fingerprint density at radius 2 is 2.00 bits per heavy atom. The summed E-state index contributed by atoms with van der Waals surface area (Å²) in [4.78, 5) is 2.26. The van der Waals surface area contributed by atoms with Crippen molar-refractivity contribution in [2.45, 2.75) is 38.3 Å². The molecule has 1 unspecified atom stereocenters. The Labute approximate surface area is 83.0 Å². The van der Waals surface area contributed by atoms with Gasteiger partial charge in [0.2, 0.25) is 0 Å². The quantitative estimate of drug-likeness (QED) is 0.634. The van der Waals surface area contributed by atoms with Crippen molar-refractivity contribution in [1.29, 1.82) is 0 Å². The summed E-state index contributed by atoms with van der Waals surface area (Å²) in [6.45, 7) is 8.27. The Bertz CT molecular complexity index is 150. The van der Waals surface area contributed by atoms with E-state index in [2.05, 4.69) is 44.7 Å². The van der Waals surface area contributed by atoms with Gasteiger partial charge in [-0.3, -0.25) is 0 Å². The summed E-state index contributed by atoms with van der Waals surface area (Å²) in [7, 11) is 6.27. The lowest BCUT2D eigenvalue weighted by atomic mass is 9.90. The van der Waals surface area contributed by atoms with Crippen LogP contribution in [0.3, 0.4) is 0 Å². The lowest BCUT2D eigenvalue weighted by Gasteiger charge is -2.40. The van der Waals surface area contributed by atoms with Crippen LogP contribution in [0.2, 0.25) is 0 Å². The van der Waals surface area contributed by atoms with Gasteiger partial charge in [0.25, 0.3) is 0 Å². The van der Waals surface area contributed by atoms with Crippen LogP contribution in [0.1, 0.15) is 26.7 Å². The largest absolute Gasteiger partial charge is 0.315 e.